The lowest BCUT2D eigenvalue weighted by molar-refractivity contribution is -0.124. The van der Waals surface area contributed by atoms with Gasteiger partial charge in [0.15, 0.2) is 0 Å². The van der Waals surface area contributed by atoms with Gasteiger partial charge in [0.05, 0.1) is 19.1 Å². The van der Waals surface area contributed by atoms with E-state index in [-0.39, 0.29) is 12.0 Å². The molecule has 0 aromatic heterocycles. The maximum Gasteiger partial charge on any atom is 0.222 e. The SMILES string of the molecule is CCNC(=O)CC1CNCCO1. The monoisotopic (exact) mass is 172 g/mol. The van der Waals surface area contributed by atoms with Crippen molar-refractivity contribution in [3.63, 3.8) is 0 Å². The predicted octanol–water partition coefficient (Wildman–Crippen LogP) is -0.499. The molecule has 2 N–H and O–H groups in total. The van der Waals surface area contributed by atoms with Crippen LogP contribution < -0.4 is 10.6 Å². The highest BCUT2D eigenvalue weighted by molar-refractivity contribution is 5.76. The molecule has 0 aromatic rings. The van der Waals surface area contributed by atoms with Gasteiger partial charge in [0.1, 0.15) is 0 Å². The molecule has 0 bridgehead atoms. The summed E-state index contributed by atoms with van der Waals surface area (Å²) in [5.74, 6) is 0.0752. The standard InChI is InChI=1S/C8H16N2O2/c1-2-10-8(11)5-7-6-9-3-4-12-7/h7,9H,2-6H2,1H3,(H,10,11). The lowest BCUT2D eigenvalue weighted by Gasteiger charge is -2.22. The van der Waals surface area contributed by atoms with Crippen molar-refractivity contribution in [2.24, 2.45) is 0 Å². The number of rotatable bonds is 3. The lowest BCUT2D eigenvalue weighted by atomic mass is 10.2. The van der Waals surface area contributed by atoms with Gasteiger partial charge in [-0.3, -0.25) is 4.79 Å². The van der Waals surface area contributed by atoms with E-state index in [1.807, 2.05) is 6.92 Å². The van der Waals surface area contributed by atoms with Crippen LogP contribution in [0.15, 0.2) is 0 Å². The summed E-state index contributed by atoms with van der Waals surface area (Å²) in [5, 5.41) is 5.92. The van der Waals surface area contributed by atoms with Crippen molar-refractivity contribution in [2.75, 3.05) is 26.2 Å². The van der Waals surface area contributed by atoms with E-state index in [0.29, 0.717) is 19.6 Å². The summed E-state index contributed by atoms with van der Waals surface area (Å²) in [6.45, 7) is 5.00. The van der Waals surface area contributed by atoms with Gasteiger partial charge in [0.25, 0.3) is 0 Å². The Morgan fingerprint density at radius 2 is 2.58 bits per heavy atom. The van der Waals surface area contributed by atoms with Gasteiger partial charge in [0.2, 0.25) is 5.91 Å². The van der Waals surface area contributed by atoms with Crippen LogP contribution in [-0.4, -0.2) is 38.3 Å². The second kappa shape index (κ2) is 5.11. The smallest absolute Gasteiger partial charge is 0.222 e. The number of carbonyl (C=O) groups excluding carboxylic acids is 1. The lowest BCUT2D eigenvalue weighted by Crippen LogP contribution is -2.41. The zero-order valence-corrected chi connectivity index (χ0v) is 7.43. The van der Waals surface area contributed by atoms with E-state index in [9.17, 15) is 4.79 Å². The van der Waals surface area contributed by atoms with Crippen molar-refractivity contribution in [1.29, 1.82) is 0 Å². The average Bonchev–Trinajstić information content (AvgIpc) is 2.06. The maximum atomic E-state index is 11.1. The van der Waals surface area contributed by atoms with E-state index in [1.54, 1.807) is 0 Å². The molecule has 0 aliphatic carbocycles. The first-order valence-corrected chi connectivity index (χ1v) is 4.42. The Balaban J connectivity index is 2.15. The molecule has 12 heavy (non-hydrogen) atoms. The number of ether oxygens (including phenoxy) is 1. The normalized spacial score (nSPS) is 23.6. The zero-order chi connectivity index (χ0) is 8.81. The molecule has 0 radical (unpaired) electrons. The van der Waals surface area contributed by atoms with Crippen molar-refractivity contribution < 1.29 is 9.53 Å². The third-order valence-electron chi connectivity index (χ3n) is 1.79. The summed E-state index contributed by atoms with van der Waals surface area (Å²) >= 11 is 0. The third kappa shape index (κ3) is 3.19. The minimum atomic E-state index is 0.0605. The molecular formula is C8H16N2O2. The van der Waals surface area contributed by atoms with Gasteiger partial charge in [-0.1, -0.05) is 0 Å². The van der Waals surface area contributed by atoms with E-state index in [4.69, 9.17) is 4.74 Å². The Morgan fingerprint density at radius 3 is 3.17 bits per heavy atom. The molecule has 1 aliphatic heterocycles. The van der Waals surface area contributed by atoms with Crippen LogP contribution in [-0.2, 0) is 9.53 Å². The second-order valence-electron chi connectivity index (χ2n) is 2.85. The summed E-state index contributed by atoms with van der Waals surface area (Å²) in [6.07, 6.45) is 0.534. The van der Waals surface area contributed by atoms with Gasteiger partial charge < -0.3 is 15.4 Å². The fraction of sp³-hybridized carbons (Fsp3) is 0.875. The molecular weight excluding hydrogens is 156 g/mol. The van der Waals surface area contributed by atoms with Crippen molar-refractivity contribution >= 4 is 5.91 Å². The van der Waals surface area contributed by atoms with Gasteiger partial charge in [-0.15, -0.1) is 0 Å². The Bertz CT molecular complexity index is 144. The molecule has 1 heterocycles. The summed E-state index contributed by atoms with van der Waals surface area (Å²) in [5.41, 5.74) is 0. The van der Waals surface area contributed by atoms with E-state index in [0.717, 1.165) is 13.1 Å². The van der Waals surface area contributed by atoms with Crippen LogP contribution in [0, 0.1) is 0 Å². The van der Waals surface area contributed by atoms with Crippen LogP contribution in [0.2, 0.25) is 0 Å². The Labute approximate surface area is 72.7 Å². The fourth-order valence-corrected chi connectivity index (χ4v) is 1.23. The van der Waals surface area contributed by atoms with Gasteiger partial charge >= 0.3 is 0 Å². The minimum Gasteiger partial charge on any atom is -0.375 e. The number of carbonyl (C=O) groups is 1. The quantitative estimate of drug-likeness (QED) is 0.603. The van der Waals surface area contributed by atoms with E-state index in [2.05, 4.69) is 10.6 Å². The Morgan fingerprint density at radius 1 is 1.75 bits per heavy atom. The summed E-state index contributed by atoms with van der Waals surface area (Å²) in [7, 11) is 0. The van der Waals surface area contributed by atoms with Crippen LogP contribution in [0.4, 0.5) is 0 Å². The van der Waals surface area contributed by atoms with Crippen LogP contribution in [0.1, 0.15) is 13.3 Å². The molecule has 1 aliphatic rings. The van der Waals surface area contributed by atoms with Gasteiger partial charge in [-0.25, -0.2) is 0 Å². The molecule has 1 unspecified atom stereocenters. The topological polar surface area (TPSA) is 50.4 Å². The molecule has 0 spiro atoms. The zero-order valence-electron chi connectivity index (χ0n) is 7.43. The minimum absolute atomic E-state index is 0.0605. The highest BCUT2D eigenvalue weighted by atomic mass is 16.5. The van der Waals surface area contributed by atoms with Crippen LogP contribution in [0.25, 0.3) is 0 Å². The van der Waals surface area contributed by atoms with E-state index >= 15 is 0 Å². The molecule has 70 valence electrons. The third-order valence-corrected chi connectivity index (χ3v) is 1.79. The molecule has 0 saturated carbocycles. The Kier molecular flexibility index (Phi) is 4.04. The number of amides is 1. The Hall–Kier alpha value is -0.610. The fourth-order valence-electron chi connectivity index (χ4n) is 1.23. The molecule has 1 saturated heterocycles. The van der Waals surface area contributed by atoms with Gasteiger partial charge in [-0.05, 0) is 6.92 Å². The van der Waals surface area contributed by atoms with Crippen molar-refractivity contribution in [3.05, 3.63) is 0 Å². The van der Waals surface area contributed by atoms with Crippen LogP contribution in [0.3, 0.4) is 0 Å². The first-order chi connectivity index (χ1) is 5.83. The number of hydrogen-bond donors (Lipinski definition) is 2. The molecule has 1 atom stereocenters. The van der Waals surface area contributed by atoms with Gasteiger partial charge in [0, 0.05) is 19.6 Å². The largest absolute Gasteiger partial charge is 0.375 e. The first kappa shape index (κ1) is 9.48. The number of nitrogens with one attached hydrogen (secondary N) is 2. The molecule has 1 fully saturated rings. The summed E-state index contributed by atoms with van der Waals surface area (Å²) < 4.78 is 5.37. The average molecular weight is 172 g/mol. The summed E-state index contributed by atoms with van der Waals surface area (Å²) in [6, 6.07) is 0. The van der Waals surface area contributed by atoms with Crippen molar-refractivity contribution in [3.8, 4) is 0 Å². The molecule has 1 rings (SSSR count). The van der Waals surface area contributed by atoms with Gasteiger partial charge in [-0.2, -0.15) is 0 Å². The van der Waals surface area contributed by atoms with Crippen LogP contribution in [0.5, 0.6) is 0 Å². The van der Waals surface area contributed by atoms with Crippen molar-refractivity contribution in [2.45, 2.75) is 19.4 Å². The van der Waals surface area contributed by atoms with E-state index in [1.165, 1.54) is 0 Å². The highest BCUT2D eigenvalue weighted by Crippen LogP contribution is 2.00. The molecule has 0 aromatic carbocycles. The van der Waals surface area contributed by atoms with Crippen LogP contribution >= 0.6 is 0 Å². The summed E-state index contributed by atoms with van der Waals surface area (Å²) in [4.78, 5) is 11.1. The molecule has 4 heteroatoms. The molecule has 4 nitrogen and oxygen atoms in total. The second-order valence-corrected chi connectivity index (χ2v) is 2.85. The van der Waals surface area contributed by atoms with Crippen molar-refractivity contribution in [1.82, 2.24) is 10.6 Å². The van der Waals surface area contributed by atoms with E-state index < -0.39 is 0 Å². The maximum absolute atomic E-state index is 11.1. The first-order valence-electron chi connectivity index (χ1n) is 4.42. The number of hydrogen-bond acceptors (Lipinski definition) is 3. The number of morpholine rings is 1. The predicted molar refractivity (Wildman–Crippen MR) is 45.9 cm³/mol. The highest BCUT2D eigenvalue weighted by Gasteiger charge is 2.16. The molecule has 1 amide bonds.